The maximum atomic E-state index is 13.5. The van der Waals surface area contributed by atoms with Crippen molar-refractivity contribution >= 4 is 38.2 Å². The van der Waals surface area contributed by atoms with Gasteiger partial charge in [-0.25, -0.2) is 13.4 Å². The molecule has 1 aromatic carbocycles. The summed E-state index contributed by atoms with van der Waals surface area (Å²) in [6, 6.07) is 13.4. The van der Waals surface area contributed by atoms with Crippen LogP contribution in [0.5, 0.6) is 0 Å². The standard InChI is InChI=1S/C23H22N4O4S2/c1-15-22(16(2)31-25-15)33(29,30)27-11-9-26(10-12-27)23(28)18-14-20(21-8-5-13-32-21)24-19-7-4-3-6-17(18)19/h3-8,13-14H,9-12H2,1-2H3. The van der Waals surface area contributed by atoms with E-state index in [1.807, 2.05) is 47.8 Å². The van der Waals surface area contributed by atoms with Gasteiger partial charge in [-0.15, -0.1) is 11.3 Å². The highest BCUT2D eigenvalue weighted by molar-refractivity contribution is 7.89. The van der Waals surface area contributed by atoms with Gasteiger partial charge in [0.1, 0.15) is 10.6 Å². The average molecular weight is 483 g/mol. The zero-order valence-electron chi connectivity index (χ0n) is 18.2. The highest BCUT2D eigenvalue weighted by Gasteiger charge is 2.34. The number of sulfonamides is 1. The number of hydrogen-bond acceptors (Lipinski definition) is 7. The number of para-hydroxylation sites is 1. The molecule has 0 aliphatic carbocycles. The molecule has 170 valence electrons. The van der Waals surface area contributed by atoms with Gasteiger partial charge in [0.25, 0.3) is 5.91 Å². The van der Waals surface area contributed by atoms with E-state index in [4.69, 9.17) is 9.51 Å². The van der Waals surface area contributed by atoms with Crippen molar-refractivity contribution in [2.45, 2.75) is 18.7 Å². The maximum absolute atomic E-state index is 13.5. The van der Waals surface area contributed by atoms with Crippen LogP contribution in [0.2, 0.25) is 0 Å². The molecule has 1 aliphatic rings. The first-order valence-electron chi connectivity index (χ1n) is 10.5. The lowest BCUT2D eigenvalue weighted by Gasteiger charge is -2.34. The summed E-state index contributed by atoms with van der Waals surface area (Å²) in [5.74, 6) is 0.149. The monoisotopic (exact) mass is 482 g/mol. The Kier molecular flexibility index (Phi) is 5.51. The van der Waals surface area contributed by atoms with Crippen molar-refractivity contribution in [3.8, 4) is 10.6 Å². The van der Waals surface area contributed by atoms with Gasteiger partial charge in [-0.1, -0.05) is 29.4 Å². The first-order chi connectivity index (χ1) is 15.9. The molecule has 0 unspecified atom stereocenters. The number of carbonyl (C=O) groups is 1. The lowest BCUT2D eigenvalue weighted by Crippen LogP contribution is -2.50. The van der Waals surface area contributed by atoms with E-state index < -0.39 is 10.0 Å². The van der Waals surface area contributed by atoms with Gasteiger partial charge in [0.2, 0.25) is 10.0 Å². The van der Waals surface area contributed by atoms with Crippen LogP contribution >= 0.6 is 11.3 Å². The number of pyridine rings is 1. The number of thiophene rings is 1. The highest BCUT2D eigenvalue weighted by atomic mass is 32.2. The third-order valence-corrected chi connectivity index (χ3v) is 8.85. The predicted octanol–water partition coefficient (Wildman–Crippen LogP) is 3.71. The number of aryl methyl sites for hydroxylation is 2. The van der Waals surface area contributed by atoms with Crippen molar-refractivity contribution in [3.63, 3.8) is 0 Å². The SMILES string of the molecule is Cc1noc(C)c1S(=O)(=O)N1CCN(C(=O)c2cc(-c3cccs3)nc3ccccc23)CC1. The summed E-state index contributed by atoms with van der Waals surface area (Å²) in [6.07, 6.45) is 0. The molecule has 0 bridgehead atoms. The van der Waals surface area contributed by atoms with Crippen LogP contribution in [0.3, 0.4) is 0 Å². The Morgan fingerprint density at radius 3 is 2.48 bits per heavy atom. The Balaban J connectivity index is 1.42. The second-order valence-corrected chi connectivity index (χ2v) is 10.7. The Bertz CT molecular complexity index is 1420. The van der Waals surface area contributed by atoms with Crippen molar-refractivity contribution in [1.29, 1.82) is 0 Å². The molecule has 4 heterocycles. The molecular weight excluding hydrogens is 460 g/mol. The Hall–Kier alpha value is -3.08. The molecule has 4 aromatic rings. The summed E-state index contributed by atoms with van der Waals surface area (Å²) < 4.78 is 32.6. The van der Waals surface area contributed by atoms with Crippen LogP contribution in [0.25, 0.3) is 21.5 Å². The van der Waals surface area contributed by atoms with Crippen molar-refractivity contribution in [3.05, 3.63) is 64.9 Å². The number of benzene rings is 1. The number of aromatic nitrogens is 2. The summed E-state index contributed by atoms with van der Waals surface area (Å²) in [5, 5.41) is 6.53. The number of piperazine rings is 1. The fourth-order valence-corrected chi connectivity index (χ4v) is 6.58. The topological polar surface area (TPSA) is 96.6 Å². The molecule has 10 heteroatoms. The Labute approximate surface area is 195 Å². The van der Waals surface area contributed by atoms with E-state index in [9.17, 15) is 13.2 Å². The van der Waals surface area contributed by atoms with Gasteiger partial charge in [-0.3, -0.25) is 4.79 Å². The normalized spacial score (nSPS) is 15.3. The molecule has 3 aromatic heterocycles. The molecule has 8 nitrogen and oxygen atoms in total. The zero-order valence-corrected chi connectivity index (χ0v) is 19.8. The zero-order chi connectivity index (χ0) is 23.2. The minimum Gasteiger partial charge on any atom is -0.360 e. The number of hydrogen-bond donors (Lipinski definition) is 0. The van der Waals surface area contributed by atoms with E-state index in [1.165, 1.54) is 4.31 Å². The Morgan fingerprint density at radius 1 is 1.06 bits per heavy atom. The lowest BCUT2D eigenvalue weighted by atomic mass is 10.1. The van der Waals surface area contributed by atoms with Crippen LogP contribution in [0, 0.1) is 13.8 Å². The molecule has 1 aliphatic heterocycles. The van der Waals surface area contributed by atoms with Crippen molar-refractivity contribution < 1.29 is 17.7 Å². The second-order valence-electron chi connectivity index (χ2n) is 7.90. The highest BCUT2D eigenvalue weighted by Crippen LogP contribution is 2.29. The van der Waals surface area contributed by atoms with Crippen LogP contribution in [-0.2, 0) is 10.0 Å². The molecule has 0 atom stereocenters. The van der Waals surface area contributed by atoms with Gasteiger partial charge in [0.15, 0.2) is 5.76 Å². The summed E-state index contributed by atoms with van der Waals surface area (Å²) in [5.41, 5.74) is 2.43. The number of carbonyl (C=O) groups excluding carboxylic acids is 1. The minimum absolute atomic E-state index is 0.114. The van der Waals surface area contributed by atoms with E-state index in [2.05, 4.69) is 5.16 Å². The lowest BCUT2D eigenvalue weighted by molar-refractivity contribution is 0.0699. The smallest absolute Gasteiger partial charge is 0.254 e. The third-order valence-electron chi connectivity index (χ3n) is 5.81. The van der Waals surface area contributed by atoms with Crippen LogP contribution in [0.4, 0.5) is 0 Å². The largest absolute Gasteiger partial charge is 0.360 e. The maximum Gasteiger partial charge on any atom is 0.254 e. The summed E-state index contributed by atoms with van der Waals surface area (Å²) >= 11 is 1.57. The van der Waals surface area contributed by atoms with Gasteiger partial charge in [0, 0.05) is 31.6 Å². The van der Waals surface area contributed by atoms with Crippen molar-refractivity contribution in [2.24, 2.45) is 0 Å². The third kappa shape index (κ3) is 3.84. The van der Waals surface area contributed by atoms with Crippen molar-refractivity contribution in [1.82, 2.24) is 19.3 Å². The van der Waals surface area contributed by atoms with Crippen LogP contribution in [-0.4, -0.2) is 59.8 Å². The number of nitrogens with zero attached hydrogens (tertiary/aromatic N) is 4. The van der Waals surface area contributed by atoms with Crippen molar-refractivity contribution in [2.75, 3.05) is 26.2 Å². The summed E-state index contributed by atoms with van der Waals surface area (Å²) in [7, 11) is -3.73. The predicted molar refractivity (Wildman–Crippen MR) is 126 cm³/mol. The van der Waals surface area contributed by atoms with Gasteiger partial charge < -0.3 is 9.42 Å². The molecule has 0 N–H and O–H groups in total. The molecule has 5 rings (SSSR count). The number of amides is 1. The second kappa shape index (κ2) is 8.36. The van der Waals surface area contributed by atoms with Crippen LogP contribution in [0.1, 0.15) is 21.8 Å². The molecule has 1 amide bonds. The molecule has 0 saturated carbocycles. The molecule has 33 heavy (non-hydrogen) atoms. The van der Waals surface area contributed by atoms with E-state index in [0.29, 0.717) is 24.3 Å². The van der Waals surface area contributed by atoms with E-state index >= 15 is 0 Å². The molecule has 1 saturated heterocycles. The van der Waals surface area contributed by atoms with Gasteiger partial charge in [-0.05, 0) is 37.4 Å². The van der Waals surface area contributed by atoms with E-state index in [-0.39, 0.29) is 29.7 Å². The van der Waals surface area contributed by atoms with E-state index in [1.54, 1.807) is 30.1 Å². The number of rotatable bonds is 4. The quantitative estimate of drug-likeness (QED) is 0.440. The summed E-state index contributed by atoms with van der Waals surface area (Å²) in [4.78, 5) is 21.1. The van der Waals surface area contributed by atoms with E-state index in [0.717, 1.165) is 21.5 Å². The average Bonchev–Trinajstić information content (AvgIpc) is 3.48. The van der Waals surface area contributed by atoms with Gasteiger partial charge >= 0.3 is 0 Å². The summed E-state index contributed by atoms with van der Waals surface area (Å²) in [6.45, 7) is 4.21. The Morgan fingerprint density at radius 2 is 1.82 bits per heavy atom. The molecule has 0 radical (unpaired) electrons. The first-order valence-corrected chi connectivity index (χ1v) is 12.8. The van der Waals surface area contributed by atoms with Crippen LogP contribution in [0.15, 0.2) is 57.3 Å². The molecule has 0 spiro atoms. The minimum atomic E-state index is -3.73. The molecule has 1 fully saturated rings. The van der Waals surface area contributed by atoms with Gasteiger partial charge in [-0.2, -0.15) is 4.31 Å². The fraction of sp³-hybridized carbons (Fsp3) is 0.261. The van der Waals surface area contributed by atoms with Crippen LogP contribution < -0.4 is 0 Å². The van der Waals surface area contributed by atoms with Gasteiger partial charge in [0.05, 0.1) is 21.7 Å². The fourth-order valence-electron chi connectivity index (χ4n) is 4.18. The first kappa shape index (κ1) is 21.7. The number of fused-ring (bicyclic) bond motifs is 1. The molecular formula is C23H22N4O4S2.